The number of hydrogen-bond donors (Lipinski definition) is 3. The van der Waals surface area contributed by atoms with Gasteiger partial charge in [-0.3, -0.25) is 9.59 Å². The summed E-state index contributed by atoms with van der Waals surface area (Å²) in [5.74, 6) is -3.03. The second-order valence-corrected chi connectivity index (χ2v) is 2.81. The average Bonchev–Trinajstić information content (AvgIpc) is 2.02. The Hall–Kier alpha value is -0.590. The molecule has 1 unspecified atom stereocenters. The van der Waals surface area contributed by atoms with Crippen molar-refractivity contribution in [2.75, 3.05) is 0 Å². The molecule has 1 atom stereocenters. The van der Waals surface area contributed by atoms with E-state index in [4.69, 9.17) is 10.2 Å². The molecule has 0 rings (SSSR count). The Labute approximate surface area is 109 Å². The maximum absolute atomic E-state index is 11.0. The van der Waals surface area contributed by atoms with Crippen LogP contribution in [0.3, 0.4) is 0 Å². The number of nitrogens with one attached hydrogen (secondary N) is 1. The summed E-state index contributed by atoms with van der Waals surface area (Å²) < 4.78 is 0. The molecule has 6 nitrogen and oxygen atoms in total. The summed E-state index contributed by atoms with van der Waals surface area (Å²) in [6.45, 7) is 1.77. The van der Waals surface area contributed by atoms with Crippen LogP contribution in [0.5, 0.6) is 0 Å². The summed E-state index contributed by atoms with van der Waals surface area (Å²) >= 11 is 0. The van der Waals surface area contributed by atoms with Crippen molar-refractivity contribution in [1.29, 1.82) is 0 Å². The predicted molar refractivity (Wildman–Crippen MR) is 53.9 cm³/mol. The van der Waals surface area contributed by atoms with E-state index in [1.54, 1.807) is 6.92 Å². The molecular formula is C8H14NNaO5. The van der Waals surface area contributed by atoms with Gasteiger partial charge in [0.15, 0.2) is 0 Å². The number of carboxylic acid groups (broad SMARTS) is 2. The summed E-state index contributed by atoms with van der Waals surface area (Å²) in [5, 5.41) is 19.1. The molecule has 82 valence electrons. The van der Waals surface area contributed by atoms with E-state index in [0.717, 1.165) is 0 Å². The predicted octanol–water partition coefficient (Wildman–Crippen LogP) is -0.818. The van der Waals surface area contributed by atoms with Crippen LogP contribution in [0, 0.1) is 0 Å². The molecule has 3 N–H and O–H groups in total. The van der Waals surface area contributed by atoms with Gasteiger partial charge in [-0.15, -0.1) is 0 Å². The molecule has 0 aliphatic rings. The molecule has 0 heterocycles. The Kier molecular flexibility index (Phi) is 9.76. The first-order chi connectivity index (χ1) is 6.47. The second kappa shape index (κ2) is 8.70. The first-order valence-electron chi connectivity index (χ1n) is 4.21. The van der Waals surface area contributed by atoms with Gasteiger partial charge < -0.3 is 15.5 Å². The fraction of sp³-hybridized carbons (Fsp3) is 0.625. The van der Waals surface area contributed by atoms with E-state index in [0.29, 0.717) is 6.42 Å². The van der Waals surface area contributed by atoms with Crippen LogP contribution >= 0.6 is 0 Å². The van der Waals surface area contributed by atoms with E-state index in [2.05, 4.69) is 5.32 Å². The molecule has 0 radical (unpaired) electrons. The van der Waals surface area contributed by atoms with Gasteiger partial charge in [0.25, 0.3) is 0 Å². The van der Waals surface area contributed by atoms with Crippen LogP contribution in [0.15, 0.2) is 0 Å². The average molecular weight is 227 g/mol. The molecule has 0 aliphatic carbocycles. The third-order valence-electron chi connectivity index (χ3n) is 1.49. The van der Waals surface area contributed by atoms with Gasteiger partial charge in [-0.1, -0.05) is 6.92 Å². The zero-order valence-corrected chi connectivity index (χ0v) is 7.82. The minimum absolute atomic E-state index is 0. The molecule has 1 amide bonds. The van der Waals surface area contributed by atoms with Gasteiger partial charge in [0.2, 0.25) is 5.91 Å². The second-order valence-electron chi connectivity index (χ2n) is 2.81. The van der Waals surface area contributed by atoms with E-state index in [1.807, 2.05) is 0 Å². The van der Waals surface area contributed by atoms with Crippen molar-refractivity contribution in [2.45, 2.75) is 32.2 Å². The van der Waals surface area contributed by atoms with Gasteiger partial charge >= 0.3 is 41.5 Å². The van der Waals surface area contributed by atoms with Gasteiger partial charge in [0, 0.05) is 6.42 Å². The quantitative estimate of drug-likeness (QED) is 0.514. The number of rotatable bonds is 6. The minimum atomic E-state index is -1.34. The molecule has 0 spiro atoms. The molecule has 0 aromatic heterocycles. The van der Waals surface area contributed by atoms with Crippen LogP contribution in [-0.2, 0) is 14.4 Å². The standard InChI is InChI=1S/C8H13NO5.Na.H/c1-2-3-6(10)9-5(8(13)14)4-7(11)12;;/h5H,2-4H2,1H3,(H,9,10)(H,11,12)(H,13,14);;. The van der Waals surface area contributed by atoms with Crippen LogP contribution in [0.1, 0.15) is 26.2 Å². The normalized spacial score (nSPS) is 11.0. The Morgan fingerprint density at radius 2 is 1.80 bits per heavy atom. The number of carboxylic acids is 2. The molecular weight excluding hydrogens is 213 g/mol. The number of hydrogen-bond acceptors (Lipinski definition) is 3. The molecule has 0 saturated carbocycles. The third-order valence-corrected chi connectivity index (χ3v) is 1.49. The van der Waals surface area contributed by atoms with Gasteiger partial charge in [0.05, 0.1) is 6.42 Å². The number of carbonyl (C=O) groups excluding carboxylic acids is 1. The van der Waals surface area contributed by atoms with Gasteiger partial charge in [-0.05, 0) is 6.42 Å². The van der Waals surface area contributed by atoms with Crippen molar-refractivity contribution >= 4 is 47.4 Å². The molecule has 15 heavy (non-hydrogen) atoms. The van der Waals surface area contributed by atoms with Crippen molar-refractivity contribution in [1.82, 2.24) is 5.32 Å². The SMILES string of the molecule is CCCC(=O)NC(CC(=O)O)C(=O)O.[NaH]. The monoisotopic (exact) mass is 227 g/mol. The molecule has 0 bridgehead atoms. The first kappa shape index (κ1) is 16.8. The summed E-state index contributed by atoms with van der Waals surface area (Å²) in [6, 6.07) is -1.34. The number of carbonyl (C=O) groups is 3. The van der Waals surface area contributed by atoms with Crippen molar-refractivity contribution in [2.24, 2.45) is 0 Å². The zero-order chi connectivity index (χ0) is 11.1. The summed E-state index contributed by atoms with van der Waals surface area (Å²) in [4.78, 5) is 31.7. The fourth-order valence-corrected chi connectivity index (χ4v) is 0.868. The molecule has 0 saturated heterocycles. The Morgan fingerprint density at radius 3 is 2.13 bits per heavy atom. The van der Waals surface area contributed by atoms with Crippen LogP contribution in [-0.4, -0.2) is 63.7 Å². The molecule has 7 heteroatoms. The maximum atomic E-state index is 11.0. The summed E-state index contributed by atoms with van der Waals surface area (Å²) in [6.07, 6.45) is 0.180. The Balaban J connectivity index is 0. The fourth-order valence-electron chi connectivity index (χ4n) is 0.868. The molecule has 0 aliphatic heterocycles. The van der Waals surface area contributed by atoms with Crippen molar-refractivity contribution in [3.63, 3.8) is 0 Å². The molecule has 0 fully saturated rings. The van der Waals surface area contributed by atoms with Gasteiger partial charge in [-0.2, -0.15) is 0 Å². The first-order valence-corrected chi connectivity index (χ1v) is 4.21. The third kappa shape index (κ3) is 8.41. The van der Waals surface area contributed by atoms with Crippen molar-refractivity contribution in [3.8, 4) is 0 Å². The van der Waals surface area contributed by atoms with Crippen LogP contribution < -0.4 is 5.32 Å². The van der Waals surface area contributed by atoms with E-state index < -0.39 is 30.3 Å². The van der Waals surface area contributed by atoms with Crippen LogP contribution in [0.25, 0.3) is 0 Å². The van der Waals surface area contributed by atoms with E-state index in [-0.39, 0.29) is 36.0 Å². The molecule has 0 aromatic carbocycles. The topological polar surface area (TPSA) is 104 Å². The molecule has 0 aromatic rings. The Morgan fingerprint density at radius 1 is 1.27 bits per heavy atom. The van der Waals surface area contributed by atoms with Crippen molar-refractivity contribution in [3.05, 3.63) is 0 Å². The number of aliphatic carboxylic acids is 2. The van der Waals surface area contributed by atoms with Crippen LogP contribution in [0.4, 0.5) is 0 Å². The van der Waals surface area contributed by atoms with E-state index >= 15 is 0 Å². The summed E-state index contributed by atoms with van der Waals surface area (Å²) in [7, 11) is 0. The van der Waals surface area contributed by atoms with E-state index in [9.17, 15) is 14.4 Å². The van der Waals surface area contributed by atoms with E-state index in [1.165, 1.54) is 0 Å². The van der Waals surface area contributed by atoms with Crippen LogP contribution in [0.2, 0.25) is 0 Å². The zero-order valence-electron chi connectivity index (χ0n) is 7.82. The number of amides is 1. The summed E-state index contributed by atoms with van der Waals surface area (Å²) in [5.41, 5.74) is 0. The Bertz CT molecular complexity index is 243. The van der Waals surface area contributed by atoms with Gasteiger partial charge in [0.1, 0.15) is 6.04 Å². The van der Waals surface area contributed by atoms with Crippen molar-refractivity contribution < 1.29 is 24.6 Å². The van der Waals surface area contributed by atoms with Gasteiger partial charge in [-0.25, -0.2) is 4.79 Å².